The maximum atomic E-state index is 13.2. The van der Waals surface area contributed by atoms with E-state index in [1.165, 1.54) is 16.9 Å². The molecule has 2 saturated carbocycles. The third-order valence-electron chi connectivity index (χ3n) is 8.93. The summed E-state index contributed by atoms with van der Waals surface area (Å²) in [4.78, 5) is 30.8. The van der Waals surface area contributed by atoms with Gasteiger partial charge in [0.05, 0.1) is 17.6 Å². The summed E-state index contributed by atoms with van der Waals surface area (Å²) < 4.78 is 0. The van der Waals surface area contributed by atoms with Crippen molar-refractivity contribution in [3.8, 4) is 22.4 Å². The molecule has 2 aromatic carbocycles. The number of pyridine rings is 1. The summed E-state index contributed by atoms with van der Waals surface area (Å²) in [6, 6.07) is 20.5. The maximum Gasteiger partial charge on any atom is 0.407 e. The Morgan fingerprint density at radius 1 is 1.03 bits per heavy atom. The Morgan fingerprint density at radius 2 is 1.69 bits per heavy atom. The van der Waals surface area contributed by atoms with Crippen LogP contribution in [0.1, 0.15) is 57.4 Å². The normalized spacial score (nSPS) is 20.9. The van der Waals surface area contributed by atoms with Crippen LogP contribution in [0.25, 0.3) is 22.4 Å². The van der Waals surface area contributed by atoms with Gasteiger partial charge in [-0.1, -0.05) is 61.5 Å². The number of carbonyl (C=O) groups is 2. The molecule has 1 heterocycles. The van der Waals surface area contributed by atoms with Gasteiger partial charge in [-0.05, 0) is 68.1 Å². The van der Waals surface area contributed by atoms with Crippen LogP contribution in [0.2, 0.25) is 0 Å². The van der Waals surface area contributed by atoms with Gasteiger partial charge in [0.1, 0.15) is 0 Å². The second kappa shape index (κ2) is 11.2. The fourth-order valence-corrected chi connectivity index (χ4v) is 6.02. The minimum atomic E-state index is -0.896. The first-order chi connectivity index (χ1) is 18.7. The van der Waals surface area contributed by atoms with Gasteiger partial charge >= 0.3 is 6.09 Å². The van der Waals surface area contributed by atoms with Crippen molar-refractivity contribution in [1.29, 1.82) is 0 Å². The number of nitrogens with two attached hydrogens (primary N) is 1. The molecule has 1 atom stereocenters. The summed E-state index contributed by atoms with van der Waals surface area (Å²) in [6.07, 6.45) is 7.29. The van der Waals surface area contributed by atoms with E-state index in [4.69, 9.17) is 10.7 Å². The monoisotopic (exact) mass is 526 g/mol. The molecule has 204 valence electrons. The highest BCUT2D eigenvalue weighted by Gasteiger charge is 2.34. The second-order valence-corrected chi connectivity index (χ2v) is 11.3. The number of nitrogens with zero attached hydrogens (tertiary/aromatic N) is 2. The Labute approximate surface area is 230 Å². The van der Waals surface area contributed by atoms with Crippen LogP contribution in [0.5, 0.6) is 0 Å². The van der Waals surface area contributed by atoms with Crippen LogP contribution in [0, 0.1) is 11.8 Å². The van der Waals surface area contributed by atoms with E-state index in [1.807, 2.05) is 31.2 Å². The van der Waals surface area contributed by atoms with Gasteiger partial charge in [0.25, 0.3) is 0 Å². The van der Waals surface area contributed by atoms with Gasteiger partial charge in [-0.3, -0.25) is 9.78 Å². The fourth-order valence-electron chi connectivity index (χ4n) is 6.02. The molecule has 0 saturated heterocycles. The zero-order valence-electron chi connectivity index (χ0n) is 22.8. The van der Waals surface area contributed by atoms with Crippen LogP contribution in [-0.4, -0.2) is 40.1 Å². The van der Waals surface area contributed by atoms with Crippen molar-refractivity contribution < 1.29 is 14.7 Å². The highest BCUT2D eigenvalue weighted by Crippen LogP contribution is 2.40. The zero-order chi connectivity index (χ0) is 27.6. The Hall–Kier alpha value is -3.71. The molecule has 2 amide bonds. The number of carbonyl (C=O) groups excluding carboxylic acids is 1. The zero-order valence-corrected chi connectivity index (χ0v) is 22.8. The Balaban J connectivity index is 1.33. The molecule has 2 aliphatic rings. The minimum absolute atomic E-state index is 0.0253. The summed E-state index contributed by atoms with van der Waals surface area (Å²) >= 11 is 0. The lowest BCUT2D eigenvalue weighted by molar-refractivity contribution is -0.121. The predicted octanol–water partition coefficient (Wildman–Crippen LogP) is 6.50. The standard InChI is InChI=1S/C32H38N4O3/c1-21(22-11-15-27(16-12-22)36(2)31(38)39)30(37)35-26-19-28(23-7-4-3-5-8-23)29(34-20-26)24-9-13-25(14-10-24)32(33)17-6-18-32/h3-5,7-10,13-14,19-22,27H,6,11-12,15-18,33H2,1-2H3,(H,35,37)(H,38,39)/t21?,22-,27-. The largest absolute Gasteiger partial charge is 0.465 e. The van der Waals surface area contributed by atoms with Crippen molar-refractivity contribution in [1.82, 2.24) is 9.88 Å². The van der Waals surface area contributed by atoms with Crippen molar-refractivity contribution in [2.45, 2.75) is 63.5 Å². The molecule has 1 unspecified atom stereocenters. The fraction of sp³-hybridized carbons (Fsp3) is 0.406. The summed E-state index contributed by atoms with van der Waals surface area (Å²) in [5.74, 6) is 0.0181. The van der Waals surface area contributed by atoms with Crippen LogP contribution in [0.4, 0.5) is 10.5 Å². The first kappa shape index (κ1) is 26.9. The number of nitrogens with one attached hydrogen (secondary N) is 1. The average molecular weight is 527 g/mol. The quantitative estimate of drug-likeness (QED) is 0.326. The first-order valence-corrected chi connectivity index (χ1v) is 14.0. The molecule has 39 heavy (non-hydrogen) atoms. The Bertz CT molecular complexity index is 1310. The molecule has 0 spiro atoms. The number of rotatable bonds is 7. The lowest BCUT2D eigenvalue weighted by atomic mass is 9.72. The summed E-state index contributed by atoms with van der Waals surface area (Å²) in [5, 5.41) is 12.4. The van der Waals surface area contributed by atoms with Crippen LogP contribution in [-0.2, 0) is 10.3 Å². The van der Waals surface area contributed by atoms with E-state index in [2.05, 4.69) is 41.7 Å². The molecule has 0 aliphatic heterocycles. The van der Waals surface area contributed by atoms with E-state index in [1.54, 1.807) is 13.2 Å². The van der Waals surface area contributed by atoms with Gasteiger partial charge < -0.3 is 21.1 Å². The van der Waals surface area contributed by atoms with Crippen molar-refractivity contribution in [3.63, 3.8) is 0 Å². The SMILES string of the molecule is CC(C(=O)Nc1cnc(-c2ccc(C3(N)CCC3)cc2)c(-c2ccccc2)c1)[C@H]1CC[C@H](N(C)C(=O)O)CC1. The Kier molecular flexibility index (Phi) is 7.71. The molecular formula is C32H38N4O3. The molecule has 7 nitrogen and oxygen atoms in total. The second-order valence-electron chi connectivity index (χ2n) is 11.3. The van der Waals surface area contributed by atoms with Crippen LogP contribution < -0.4 is 11.1 Å². The third-order valence-corrected chi connectivity index (χ3v) is 8.93. The van der Waals surface area contributed by atoms with Gasteiger partial charge in [0.2, 0.25) is 5.91 Å². The molecule has 2 aliphatic carbocycles. The van der Waals surface area contributed by atoms with E-state index in [-0.39, 0.29) is 29.3 Å². The van der Waals surface area contributed by atoms with E-state index in [0.717, 1.165) is 60.9 Å². The maximum absolute atomic E-state index is 13.2. The van der Waals surface area contributed by atoms with Gasteiger partial charge in [-0.25, -0.2) is 4.79 Å². The first-order valence-electron chi connectivity index (χ1n) is 14.0. The van der Waals surface area contributed by atoms with Crippen LogP contribution >= 0.6 is 0 Å². The van der Waals surface area contributed by atoms with Gasteiger partial charge in [0.15, 0.2) is 0 Å². The molecule has 1 aromatic heterocycles. The summed E-state index contributed by atoms with van der Waals surface area (Å²) in [5.41, 5.74) is 12.0. The summed E-state index contributed by atoms with van der Waals surface area (Å²) in [7, 11) is 1.63. The topological polar surface area (TPSA) is 109 Å². The number of amides is 2. The number of hydrogen-bond acceptors (Lipinski definition) is 4. The minimum Gasteiger partial charge on any atom is -0.465 e. The third kappa shape index (κ3) is 5.69. The van der Waals surface area contributed by atoms with Crippen molar-refractivity contribution in [3.05, 3.63) is 72.4 Å². The predicted molar refractivity (Wildman–Crippen MR) is 154 cm³/mol. The molecule has 4 N–H and O–H groups in total. The molecule has 3 aromatic rings. The summed E-state index contributed by atoms with van der Waals surface area (Å²) in [6.45, 7) is 1.97. The number of aromatic nitrogens is 1. The lowest BCUT2D eigenvalue weighted by Crippen LogP contribution is -2.43. The van der Waals surface area contributed by atoms with Crippen molar-refractivity contribution in [2.24, 2.45) is 17.6 Å². The van der Waals surface area contributed by atoms with Gasteiger partial charge in [0, 0.05) is 35.7 Å². The molecular weight excluding hydrogens is 488 g/mol. The number of benzene rings is 2. The van der Waals surface area contributed by atoms with Crippen LogP contribution in [0.15, 0.2) is 66.9 Å². The van der Waals surface area contributed by atoms with Gasteiger partial charge in [-0.2, -0.15) is 0 Å². The average Bonchev–Trinajstić information content (AvgIpc) is 2.95. The smallest absolute Gasteiger partial charge is 0.407 e. The molecule has 2 fully saturated rings. The lowest BCUT2D eigenvalue weighted by Gasteiger charge is -2.38. The Morgan fingerprint density at radius 3 is 2.28 bits per heavy atom. The number of carboxylic acid groups (broad SMARTS) is 1. The van der Waals surface area contributed by atoms with Crippen molar-refractivity contribution >= 4 is 17.7 Å². The number of anilines is 1. The van der Waals surface area contributed by atoms with E-state index >= 15 is 0 Å². The molecule has 0 bridgehead atoms. The van der Waals surface area contributed by atoms with Crippen LogP contribution in [0.3, 0.4) is 0 Å². The number of hydrogen-bond donors (Lipinski definition) is 3. The molecule has 7 heteroatoms. The van der Waals surface area contributed by atoms with E-state index in [0.29, 0.717) is 5.69 Å². The van der Waals surface area contributed by atoms with Gasteiger partial charge in [-0.15, -0.1) is 0 Å². The van der Waals surface area contributed by atoms with E-state index in [9.17, 15) is 14.7 Å². The van der Waals surface area contributed by atoms with Crippen molar-refractivity contribution in [2.75, 3.05) is 12.4 Å². The highest BCUT2D eigenvalue weighted by molar-refractivity contribution is 5.94. The molecule has 5 rings (SSSR count). The highest BCUT2D eigenvalue weighted by atomic mass is 16.4. The van der Waals surface area contributed by atoms with E-state index < -0.39 is 6.09 Å². The molecule has 0 radical (unpaired) electrons.